The van der Waals surface area contributed by atoms with E-state index in [0.717, 1.165) is 4.47 Å². The van der Waals surface area contributed by atoms with Gasteiger partial charge in [-0.05, 0) is 27.4 Å². The van der Waals surface area contributed by atoms with Crippen LogP contribution in [0.25, 0.3) is 0 Å². The van der Waals surface area contributed by atoms with Crippen LogP contribution in [0.5, 0.6) is 0 Å². The Hall–Kier alpha value is 0.100. The maximum atomic E-state index is 9.55. The summed E-state index contributed by atoms with van der Waals surface area (Å²) < 4.78 is 6.27. The van der Waals surface area contributed by atoms with Gasteiger partial charge >= 0.3 is 0 Å². The standard InChI is InChI=1S/C8H9BrO2S/c9-6-1-2-12-8(6)5-3-11-4-7(5)10/h1-2,5,7,10H,3-4H2. The van der Waals surface area contributed by atoms with Gasteiger partial charge in [0.25, 0.3) is 0 Å². The molecule has 0 radical (unpaired) electrons. The third-order valence-corrected chi connectivity index (χ3v) is 4.03. The molecule has 1 aromatic rings. The van der Waals surface area contributed by atoms with Gasteiger partial charge in [0.1, 0.15) is 0 Å². The summed E-state index contributed by atoms with van der Waals surface area (Å²) in [5.74, 6) is 0.166. The van der Waals surface area contributed by atoms with Crippen LogP contribution in [0.1, 0.15) is 10.8 Å². The van der Waals surface area contributed by atoms with E-state index in [1.54, 1.807) is 11.3 Å². The fourth-order valence-electron chi connectivity index (χ4n) is 1.36. The Labute approximate surface area is 83.3 Å². The van der Waals surface area contributed by atoms with Crippen LogP contribution in [-0.2, 0) is 4.74 Å². The fraction of sp³-hybridized carbons (Fsp3) is 0.500. The molecule has 1 aliphatic heterocycles. The van der Waals surface area contributed by atoms with Gasteiger partial charge in [0.15, 0.2) is 0 Å². The zero-order valence-electron chi connectivity index (χ0n) is 6.37. The Morgan fingerprint density at radius 3 is 2.92 bits per heavy atom. The minimum Gasteiger partial charge on any atom is -0.390 e. The molecule has 0 bridgehead atoms. The van der Waals surface area contributed by atoms with Crippen LogP contribution < -0.4 is 0 Å². The summed E-state index contributed by atoms with van der Waals surface area (Å²) in [6, 6.07) is 2.00. The lowest BCUT2D eigenvalue weighted by Gasteiger charge is -2.10. The van der Waals surface area contributed by atoms with Gasteiger partial charge in [-0.3, -0.25) is 0 Å². The third-order valence-electron chi connectivity index (χ3n) is 2.03. The minimum absolute atomic E-state index is 0.166. The number of thiophene rings is 1. The molecule has 4 heteroatoms. The van der Waals surface area contributed by atoms with Crippen LogP contribution in [-0.4, -0.2) is 24.4 Å². The second kappa shape index (κ2) is 3.46. The highest BCUT2D eigenvalue weighted by Crippen LogP contribution is 2.35. The molecule has 12 heavy (non-hydrogen) atoms. The Morgan fingerprint density at radius 2 is 2.42 bits per heavy atom. The average Bonchev–Trinajstić information content (AvgIpc) is 2.59. The molecule has 1 saturated heterocycles. The highest BCUT2D eigenvalue weighted by atomic mass is 79.9. The molecule has 66 valence electrons. The number of aliphatic hydroxyl groups is 1. The molecule has 0 aromatic carbocycles. The van der Waals surface area contributed by atoms with E-state index in [4.69, 9.17) is 4.74 Å². The maximum absolute atomic E-state index is 9.55. The molecule has 1 aliphatic rings. The van der Waals surface area contributed by atoms with Crippen LogP contribution in [0, 0.1) is 0 Å². The Balaban J connectivity index is 2.24. The van der Waals surface area contributed by atoms with Gasteiger partial charge in [0, 0.05) is 15.3 Å². The zero-order chi connectivity index (χ0) is 8.55. The molecule has 0 amide bonds. The van der Waals surface area contributed by atoms with Crippen molar-refractivity contribution in [3.05, 3.63) is 20.8 Å². The Kier molecular flexibility index (Phi) is 2.50. The Morgan fingerprint density at radius 1 is 1.58 bits per heavy atom. The van der Waals surface area contributed by atoms with Crippen molar-refractivity contribution < 1.29 is 9.84 Å². The van der Waals surface area contributed by atoms with E-state index >= 15 is 0 Å². The van der Waals surface area contributed by atoms with Gasteiger partial charge in [-0.25, -0.2) is 0 Å². The number of aliphatic hydroxyl groups excluding tert-OH is 1. The van der Waals surface area contributed by atoms with E-state index in [-0.39, 0.29) is 12.0 Å². The first kappa shape index (κ1) is 8.69. The van der Waals surface area contributed by atoms with Gasteiger partial charge in [-0.15, -0.1) is 11.3 Å². The second-order valence-corrected chi connectivity index (χ2v) is 4.65. The molecule has 1 N–H and O–H groups in total. The fourth-order valence-corrected chi connectivity index (χ4v) is 3.18. The van der Waals surface area contributed by atoms with E-state index in [9.17, 15) is 5.11 Å². The van der Waals surface area contributed by atoms with Crippen molar-refractivity contribution in [1.29, 1.82) is 0 Å². The van der Waals surface area contributed by atoms with Crippen molar-refractivity contribution in [2.24, 2.45) is 0 Å². The van der Waals surface area contributed by atoms with E-state index in [0.29, 0.717) is 13.2 Å². The second-order valence-electron chi connectivity index (χ2n) is 2.84. The molecule has 2 heterocycles. The van der Waals surface area contributed by atoms with Crippen molar-refractivity contribution >= 4 is 27.3 Å². The summed E-state index contributed by atoms with van der Waals surface area (Å²) in [7, 11) is 0. The molecule has 2 unspecified atom stereocenters. The SMILES string of the molecule is OC1COCC1c1sccc1Br. The van der Waals surface area contributed by atoms with Crippen LogP contribution in [0.4, 0.5) is 0 Å². The largest absolute Gasteiger partial charge is 0.390 e. The summed E-state index contributed by atoms with van der Waals surface area (Å²) in [5, 5.41) is 11.6. The third kappa shape index (κ3) is 1.44. The lowest BCUT2D eigenvalue weighted by molar-refractivity contribution is 0.125. The van der Waals surface area contributed by atoms with Gasteiger partial charge in [-0.1, -0.05) is 0 Å². The first-order valence-corrected chi connectivity index (χ1v) is 5.45. The molecule has 2 rings (SSSR count). The van der Waals surface area contributed by atoms with Crippen molar-refractivity contribution in [1.82, 2.24) is 0 Å². The molecule has 1 fully saturated rings. The van der Waals surface area contributed by atoms with Crippen molar-refractivity contribution in [2.75, 3.05) is 13.2 Å². The molecular formula is C8H9BrO2S. The Bertz CT molecular complexity index is 274. The molecular weight excluding hydrogens is 240 g/mol. The monoisotopic (exact) mass is 248 g/mol. The maximum Gasteiger partial charge on any atom is 0.0872 e. The van der Waals surface area contributed by atoms with Gasteiger partial charge in [0.05, 0.1) is 19.3 Å². The van der Waals surface area contributed by atoms with Crippen LogP contribution in [0.2, 0.25) is 0 Å². The molecule has 2 nitrogen and oxygen atoms in total. The van der Waals surface area contributed by atoms with E-state index in [1.807, 2.05) is 11.4 Å². The van der Waals surface area contributed by atoms with E-state index in [2.05, 4.69) is 15.9 Å². The quantitative estimate of drug-likeness (QED) is 0.824. The number of hydrogen-bond donors (Lipinski definition) is 1. The van der Waals surface area contributed by atoms with Gasteiger partial charge in [-0.2, -0.15) is 0 Å². The van der Waals surface area contributed by atoms with Crippen molar-refractivity contribution in [2.45, 2.75) is 12.0 Å². The molecule has 2 atom stereocenters. The topological polar surface area (TPSA) is 29.5 Å². The summed E-state index contributed by atoms with van der Waals surface area (Å²) in [5.41, 5.74) is 0. The summed E-state index contributed by atoms with van der Waals surface area (Å²) in [6.07, 6.45) is -0.333. The number of halogens is 1. The molecule has 1 aromatic heterocycles. The number of rotatable bonds is 1. The van der Waals surface area contributed by atoms with Gasteiger partial charge < -0.3 is 9.84 Å². The highest BCUT2D eigenvalue weighted by Gasteiger charge is 2.29. The first-order chi connectivity index (χ1) is 5.79. The summed E-state index contributed by atoms with van der Waals surface area (Å²) >= 11 is 5.11. The number of hydrogen-bond acceptors (Lipinski definition) is 3. The van der Waals surface area contributed by atoms with Crippen LogP contribution >= 0.6 is 27.3 Å². The predicted octanol–water partition coefficient (Wildman–Crippen LogP) is 1.99. The highest BCUT2D eigenvalue weighted by molar-refractivity contribution is 9.10. The number of ether oxygens (including phenoxy) is 1. The smallest absolute Gasteiger partial charge is 0.0872 e. The van der Waals surface area contributed by atoms with Gasteiger partial charge in [0.2, 0.25) is 0 Å². The van der Waals surface area contributed by atoms with Crippen LogP contribution in [0.3, 0.4) is 0 Å². The predicted molar refractivity (Wildman–Crippen MR) is 51.6 cm³/mol. The van der Waals surface area contributed by atoms with E-state index in [1.165, 1.54) is 4.88 Å². The summed E-state index contributed by atoms with van der Waals surface area (Å²) in [6.45, 7) is 1.11. The lowest BCUT2D eigenvalue weighted by Crippen LogP contribution is -2.14. The zero-order valence-corrected chi connectivity index (χ0v) is 8.77. The minimum atomic E-state index is -0.333. The first-order valence-electron chi connectivity index (χ1n) is 3.77. The van der Waals surface area contributed by atoms with Crippen molar-refractivity contribution in [3.8, 4) is 0 Å². The summed E-state index contributed by atoms with van der Waals surface area (Å²) in [4.78, 5) is 1.19. The van der Waals surface area contributed by atoms with Crippen molar-refractivity contribution in [3.63, 3.8) is 0 Å². The molecule has 0 spiro atoms. The molecule has 0 aliphatic carbocycles. The normalized spacial score (nSPS) is 29.5. The lowest BCUT2D eigenvalue weighted by atomic mass is 10.1. The van der Waals surface area contributed by atoms with E-state index < -0.39 is 0 Å². The average molecular weight is 249 g/mol. The van der Waals surface area contributed by atoms with Crippen LogP contribution in [0.15, 0.2) is 15.9 Å². The molecule has 0 saturated carbocycles.